The van der Waals surface area contributed by atoms with Crippen LogP contribution < -0.4 is 11.1 Å². The molecule has 22 heavy (non-hydrogen) atoms. The first-order valence-corrected chi connectivity index (χ1v) is 8.15. The molecule has 0 saturated heterocycles. The van der Waals surface area contributed by atoms with Crippen LogP contribution in [0.4, 0.5) is 4.79 Å². The highest BCUT2D eigenvalue weighted by molar-refractivity contribution is 5.95. The van der Waals surface area contributed by atoms with Crippen LogP contribution in [0, 0.1) is 0 Å². The van der Waals surface area contributed by atoms with Crippen molar-refractivity contribution in [2.45, 2.75) is 45.1 Å². The molecule has 1 aromatic carbocycles. The van der Waals surface area contributed by atoms with Gasteiger partial charge in [0.15, 0.2) is 5.96 Å². The second kappa shape index (κ2) is 9.07. The van der Waals surface area contributed by atoms with Gasteiger partial charge in [-0.15, -0.1) is 0 Å². The van der Waals surface area contributed by atoms with E-state index in [4.69, 9.17) is 5.73 Å². The van der Waals surface area contributed by atoms with Gasteiger partial charge >= 0.3 is 6.03 Å². The van der Waals surface area contributed by atoms with Crippen molar-refractivity contribution in [1.29, 1.82) is 0 Å². The van der Waals surface area contributed by atoms with Gasteiger partial charge in [-0.05, 0) is 18.4 Å². The van der Waals surface area contributed by atoms with Crippen LogP contribution in [0.2, 0.25) is 0 Å². The average Bonchev–Trinajstić information content (AvgIpc) is 2.53. The monoisotopic (exact) mass is 302 g/mol. The minimum Gasteiger partial charge on any atom is -0.370 e. The van der Waals surface area contributed by atoms with Gasteiger partial charge in [-0.3, -0.25) is 10.3 Å². The van der Waals surface area contributed by atoms with Crippen LogP contribution in [0.25, 0.3) is 0 Å². The Hall–Kier alpha value is -2.04. The Labute approximate surface area is 132 Å². The Balaban J connectivity index is 2.02. The van der Waals surface area contributed by atoms with Crippen molar-refractivity contribution in [2.75, 3.05) is 13.1 Å². The summed E-state index contributed by atoms with van der Waals surface area (Å²) in [5, 5.41) is 2.70. The summed E-state index contributed by atoms with van der Waals surface area (Å²) < 4.78 is 0. The molecule has 1 aliphatic rings. The van der Waals surface area contributed by atoms with Crippen LogP contribution in [-0.2, 0) is 6.54 Å². The van der Waals surface area contributed by atoms with Gasteiger partial charge in [0.2, 0.25) is 0 Å². The topological polar surface area (TPSA) is 70.7 Å². The Morgan fingerprint density at radius 1 is 1.05 bits per heavy atom. The van der Waals surface area contributed by atoms with Crippen LogP contribution in [0.5, 0.6) is 0 Å². The highest BCUT2D eigenvalue weighted by Crippen LogP contribution is 2.10. The van der Waals surface area contributed by atoms with E-state index >= 15 is 0 Å². The number of amides is 2. The predicted molar refractivity (Wildman–Crippen MR) is 89.6 cm³/mol. The Morgan fingerprint density at radius 3 is 2.50 bits per heavy atom. The summed E-state index contributed by atoms with van der Waals surface area (Å²) in [5.74, 6) is 0.224. The van der Waals surface area contributed by atoms with E-state index in [9.17, 15) is 4.79 Å². The number of rotatable bonds is 2. The van der Waals surface area contributed by atoms with Crippen LogP contribution in [0.15, 0.2) is 35.3 Å². The smallest absolute Gasteiger partial charge is 0.324 e. The fourth-order valence-corrected chi connectivity index (χ4v) is 2.61. The molecule has 2 amide bonds. The van der Waals surface area contributed by atoms with Gasteiger partial charge in [0.1, 0.15) is 0 Å². The summed E-state index contributed by atoms with van der Waals surface area (Å²) in [6.45, 7) is 2.03. The van der Waals surface area contributed by atoms with Gasteiger partial charge in [-0.2, -0.15) is 0 Å². The number of nitrogens with two attached hydrogens (primary N) is 1. The summed E-state index contributed by atoms with van der Waals surface area (Å²) in [6, 6.07) is 9.86. The minimum absolute atomic E-state index is 0.163. The van der Waals surface area contributed by atoms with Gasteiger partial charge in [-0.25, -0.2) is 4.79 Å². The van der Waals surface area contributed by atoms with Gasteiger partial charge in [0.05, 0.1) is 0 Å². The number of benzene rings is 1. The lowest BCUT2D eigenvalue weighted by molar-refractivity contribution is 0.199. The SMILES string of the molecule is NC1=NCCCCCCCCN(Cc2ccccc2)C(=O)N1. The zero-order valence-corrected chi connectivity index (χ0v) is 13.1. The minimum atomic E-state index is -0.163. The standard InChI is InChI=1S/C17H26N4O/c18-16-19-12-8-3-1-2-4-9-13-21(17(22)20-16)14-15-10-6-5-7-11-15/h5-7,10-11H,1-4,8-9,12-14H2,(H3,18,19,20,22). The highest BCUT2D eigenvalue weighted by atomic mass is 16.2. The summed E-state index contributed by atoms with van der Waals surface area (Å²) in [6.07, 6.45) is 6.85. The Bertz CT molecular complexity index is 487. The molecule has 2 rings (SSSR count). The number of aliphatic imine (C=N–C) groups is 1. The van der Waals surface area contributed by atoms with E-state index in [0.29, 0.717) is 13.1 Å². The average molecular weight is 302 g/mol. The molecular formula is C17H26N4O. The lowest BCUT2D eigenvalue weighted by Gasteiger charge is -2.23. The molecular weight excluding hydrogens is 276 g/mol. The molecule has 0 spiro atoms. The third-order valence-corrected chi connectivity index (χ3v) is 3.86. The van der Waals surface area contributed by atoms with E-state index in [1.807, 2.05) is 35.2 Å². The summed E-state index contributed by atoms with van der Waals surface area (Å²) in [5.41, 5.74) is 6.91. The number of nitrogens with zero attached hydrogens (tertiary/aromatic N) is 2. The Kier molecular flexibility index (Phi) is 6.74. The molecule has 0 fully saturated rings. The van der Waals surface area contributed by atoms with E-state index < -0.39 is 0 Å². The predicted octanol–water partition coefficient (Wildman–Crippen LogP) is 2.87. The number of carbonyl (C=O) groups excluding carboxylic acids is 1. The maximum absolute atomic E-state index is 12.4. The number of hydrogen-bond donors (Lipinski definition) is 2. The summed E-state index contributed by atoms with van der Waals surface area (Å²) in [4.78, 5) is 18.4. The number of guanidine groups is 1. The van der Waals surface area contributed by atoms with Crippen molar-refractivity contribution in [3.63, 3.8) is 0 Å². The van der Waals surface area contributed by atoms with E-state index in [-0.39, 0.29) is 12.0 Å². The van der Waals surface area contributed by atoms with Crippen molar-refractivity contribution < 1.29 is 4.79 Å². The molecule has 0 bridgehead atoms. The molecule has 1 heterocycles. The molecule has 0 atom stereocenters. The molecule has 0 saturated carbocycles. The number of nitrogens with one attached hydrogen (secondary N) is 1. The molecule has 0 aliphatic carbocycles. The molecule has 0 aromatic heterocycles. The van der Waals surface area contributed by atoms with Gasteiger partial charge in [0, 0.05) is 19.6 Å². The maximum atomic E-state index is 12.4. The lowest BCUT2D eigenvalue weighted by Crippen LogP contribution is -2.46. The van der Waals surface area contributed by atoms with Crippen LogP contribution in [0.1, 0.15) is 44.1 Å². The van der Waals surface area contributed by atoms with Crippen molar-refractivity contribution in [1.82, 2.24) is 10.2 Å². The second-order valence-electron chi connectivity index (χ2n) is 5.73. The molecule has 1 aromatic rings. The summed E-state index contributed by atoms with van der Waals surface area (Å²) >= 11 is 0. The fraction of sp³-hybridized carbons (Fsp3) is 0.529. The van der Waals surface area contributed by atoms with Gasteiger partial charge < -0.3 is 10.6 Å². The van der Waals surface area contributed by atoms with Gasteiger partial charge in [-0.1, -0.05) is 56.0 Å². The summed E-state index contributed by atoms with van der Waals surface area (Å²) in [7, 11) is 0. The molecule has 1 aliphatic heterocycles. The van der Waals surface area contributed by atoms with Crippen molar-refractivity contribution in [3.8, 4) is 0 Å². The third kappa shape index (κ3) is 5.76. The zero-order valence-electron chi connectivity index (χ0n) is 13.1. The van der Waals surface area contributed by atoms with Crippen LogP contribution in [0.3, 0.4) is 0 Å². The maximum Gasteiger partial charge on any atom is 0.324 e. The van der Waals surface area contributed by atoms with Crippen molar-refractivity contribution in [2.24, 2.45) is 10.7 Å². The molecule has 5 nitrogen and oxygen atoms in total. The van der Waals surface area contributed by atoms with E-state index in [1.54, 1.807) is 0 Å². The fourth-order valence-electron chi connectivity index (χ4n) is 2.61. The Morgan fingerprint density at radius 2 is 1.73 bits per heavy atom. The van der Waals surface area contributed by atoms with E-state index in [1.165, 1.54) is 19.3 Å². The number of carbonyl (C=O) groups is 1. The first-order chi connectivity index (χ1) is 10.8. The molecule has 0 unspecified atom stereocenters. The molecule has 0 radical (unpaired) electrons. The lowest BCUT2D eigenvalue weighted by atomic mass is 10.1. The highest BCUT2D eigenvalue weighted by Gasteiger charge is 2.14. The number of urea groups is 1. The van der Waals surface area contributed by atoms with Gasteiger partial charge in [0.25, 0.3) is 0 Å². The zero-order chi connectivity index (χ0) is 15.6. The third-order valence-electron chi connectivity index (χ3n) is 3.86. The molecule has 5 heteroatoms. The first kappa shape index (κ1) is 16.3. The normalized spacial score (nSPS) is 18.5. The molecule has 120 valence electrons. The number of hydrogen-bond acceptors (Lipinski definition) is 3. The largest absolute Gasteiger partial charge is 0.370 e. The molecule has 3 N–H and O–H groups in total. The van der Waals surface area contributed by atoms with Crippen molar-refractivity contribution >= 4 is 12.0 Å². The second-order valence-corrected chi connectivity index (χ2v) is 5.73. The quantitative estimate of drug-likeness (QED) is 0.882. The first-order valence-electron chi connectivity index (χ1n) is 8.15. The van der Waals surface area contributed by atoms with Crippen LogP contribution in [-0.4, -0.2) is 30.0 Å². The van der Waals surface area contributed by atoms with Crippen LogP contribution >= 0.6 is 0 Å². The van der Waals surface area contributed by atoms with E-state index in [0.717, 1.165) is 31.4 Å². The van der Waals surface area contributed by atoms with Crippen molar-refractivity contribution in [3.05, 3.63) is 35.9 Å². The van der Waals surface area contributed by atoms with E-state index in [2.05, 4.69) is 10.3 Å².